The van der Waals surface area contributed by atoms with Crippen molar-refractivity contribution in [2.45, 2.75) is 45.7 Å². The quantitative estimate of drug-likeness (QED) is 0.420. The van der Waals surface area contributed by atoms with Crippen LogP contribution in [0.15, 0.2) is 58.3 Å². The third kappa shape index (κ3) is 3.63. The number of rotatable bonds is 8. The first-order chi connectivity index (χ1) is 14.6. The predicted octanol–water partition coefficient (Wildman–Crippen LogP) is 3.45. The van der Waals surface area contributed by atoms with Gasteiger partial charge in [-0.15, -0.1) is 0 Å². The number of ether oxygens (including phenoxy) is 1. The molecule has 0 aliphatic carbocycles. The van der Waals surface area contributed by atoms with Gasteiger partial charge in [-0.05, 0) is 18.1 Å². The van der Waals surface area contributed by atoms with E-state index in [2.05, 4.69) is 11.9 Å². The van der Waals surface area contributed by atoms with E-state index in [0.717, 1.165) is 31.2 Å². The molecule has 0 saturated heterocycles. The van der Waals surface area contributed by atoms with Gasteiger partial charge in [0.25, 0.3) is 5.56 Å². The standard InChI is InChI=1S/C23H26N4O3/c1-3-4-5-9-13-26-22(28)20-21(24-19-15-18(30-2)12-14-25(19)20)27(23(26)29)16-17-10-7-6-8-11-17/h6-8,10-12,14-15H,3-5,9,13,16H2,1-2H3. The molecule has 0 amide bonds. The molecule has 0 aliphatic heterocycles. The maximum Gasteiger partial charge on any atom is 0.333 e. The van der Waals surface area contributed by atoms with Crippen LogP contribution in [0.1, 0.15) is 38.2 Å². The van der Waals surface area contributed by atoms with Gasteiger partial charge in [-0.25, -0.2) is 9.78 Å². The van der Waals surface area contributed by atoms with E-state index in [1.807, 2.05) is 30.3 Å². The predicted molar refractivity (Wildman–Crippen MR) is 117 cm³/mol. The van der Waals surface area contributed by atoms with E-state index in [4.69, 9.17) is 4.74 Å². The molecule has 3 heterocycles. The number of imidazole rings is 1. The van der Waals surface area contributed by atoms with Crippen LogP contribution in [0.25, 0.3) is 16.8 Å². The van der Waals surface area contributed by atoms with E-state index in [1.54, 1.807) is 34.4 Å². The number of aromatic nitrogens is 4. The number of methoxy groups -OCH3 is 1. The van der Waals surface area contributed by atoms with E-state index in [-0.39, 0.29) is 11.2 Å². The number of nitrogens with zero attached hydrogens (tertiary/aromatic N) is 4. The first-order valence-corrected chi connectivity index (χ1v) is 10.4. The molecule has 7 nitrogen and oxygen atoms in total. The van der Waals surface area contributed by atoms with Crippen LogP contribution in [0.3, 0.4) is 0 Å². The lowest BCUT2D eigenvalue weighted by Crippen LogP contribution is -2.40. The number of pyridine rings is 1. The number of hydrogen-bond donors (Lipinski definition) is 0. The van der Waals surface area contributed by atoms with Crippen LogP contribution in [-0.2, 0) is 13.1 Å². The summed E-state index contributed by atoms with van der Waals surface area (Å²) in [4.78, 5) is 31.3. The fourth-order valence-electron chi connectivity index (χ4n) is 3.78. The van der Waals surface area contributed by atoms with Gasteiger partial charge in [-0.1, -0.05) is 56.5 Å². The lowest BCUT2D eigenvalue weighted by Gasteiger charge is -2.12. The Balaban J connectivity index is 1.93. The zero-order valence-electron chi connectivity index (χ0n) is 17.4. The largest absolute Gasteiger partial charge is 0.497 e. The Morgan fingerprint density at radius 3 is 2.53 bits per heavy atom. The van der Waals surface area contributed by atoms with Gasteiger partial charge in [0.2, 0.25) is 0 Å². The minimum Gasteiger partial charge on any atom is -0.497 e. The number of benzene rings is 1. The van der Waals surface area contributed by atoms with Crippen LogP contribution in [-0.4, -0.2) is 25.6 Å². The molecule has 0 spiro atoms. The highest BCUT2D eigenvalue weighted by atomic mass is 16.5. The summed E-state index contributed by atoms with van der Waals surface area (Å²) in [6.45, 7) is 2.90. The minimum absolute atomic E-state index is 0.298. The fraction of sp³-hybridized carbons (Fsp3) is 0.348. The summed E-state index contributed by atoms with van der Waals surface area (Å²) in [5, 5.41) is 0. The Morgan fingerprint density at radius 1 is 1.00 bits per heavy atom. The van der Waals surface area contributed by atoms with E-state index >= 15 is 0 Å². The second-order valence-corrected chi connectivity index (χ2v) is 7.45. The molecule has 30 heavy (non-hydrogen) atoms. The molecule has 7 heteroatoms. The van der Waals surface area contributed by atoms with Gasteiger partial charge in [-0.2, -0.15) is 0 Å². The molecular weight excluding hydrogens is 380 g/mol. The Bertz CT molecular complexity index is 1290. The van der Waals surface area contributed by atoms with Crippen molar-refractivity contribution in [1.29, 1.82) is 0 Å². The molecular formula is C23H26N4O3. The van der Waals surface area contributed by atoms with Crippen LogP contribution >= 0.6 is 0 Å². The molecule has 1 aromatic carbocycles. The molecule has 0 bridgehead atoms. The molecule has 0 saturated carbocycles. The maximum atomic E-state index is 13.3. The van der Waals surface area contributed by atoms with E-state index in [9.17, 15) is 9.59 Å². The smallest absolute Gasteiger partial charge is 0.333 e. The fourth-order valence-corrected chi connectivity index (χ4v) is 3.78. The maximum absolute atomic E-state index is 13.3. The summed E-state index contributed by atoms with van der Waals surface area (Å²) in [6, 6.07) is 13.3. The Labute approximate surface area is 174 Å². The van der Waals surface area contributed by atoms with Gasteiger partial charge < -0.3 is 4.74 Å². The van der Waals surface area contributed by atoms with Crippen molar-refractivity contribution in [3.05, 3.63) is 75.1 Å². The average molecular weight is 406 g/mol. The number of unbranched alkanes of at least 4 members (excludes halogenated alkanes) is 3. The van der Waals surface area contributed by atoms with Crippen molar-refractivity contribution in [1.82, 2.24) is 18.5 Å². The lowest BCUT2D eigenvalue weighted by molar-refractivity contribution is 0.414. The zero-order chi connectivity index (χ0) is 21.1. The van der Waals surface area contributed by atoms with Crippen molar-refractivity contribution in [2.24, 2.45) is 0 Å². The summed E-state index contributed by atoms with van der Waals surface area (Å²) in [6.07, 6.45) is 5.74. The van der Waals surface area contributed by atoms with Crippen molar-refractivity contribution in [2.75, 3.05) is 7.11 Å². The molecule has 0 fully saturated rings. The highest BCUT2D eigenvalue weighted by Crippen LogP contribution is 2.18. The third-order valence-corrected chi connectivity index (χ3v) is 5.40. The van der Waals surface area contributed by atoms with Crippen LogP contribution in [0.5, 0.6) is 5.75 Å². The monoisotopic (exact) mass is 406 g/mol. The van der Waals surface area contributed by atoms with E-state index in [1.165, 1.54) is 4.57 Å². The summed E-state index contributed by atoms with van der Waals surface area (Å²) in [7, 11) is 1.59. The molecule has 156 valence electrons. The molecule has 3 aromatic heterocycles. The van der Waals surface area contributed by atoms with Gasteiger partial charge in [0, 0.05) is 18.8 Å². The SMILES string of the molecule is CCCCCCn1c(=O)c2c(nc3cc(OC)ccn32)n(Cc2ccccc2)c1=O. The summed E-state index contributed by atoms with van der Waals surface area (Å²) in [5.41, 5.74) is 1.75. The Morgan fingerprint density at radius 2 is 1.80 bits per heavy atom. The lowest BCUT2D eigenvalue weighted by atomic mass is 10.2. The first kappa shape index (κ1) is 19.9. The Kier molecular flexibility index (Phi) is 5.70. The Hall–Kier alpha value is -3.35. The van der Waals surface area contributed by atoms with Gasteiger partial charge in [-0.3, -0.25) is 18.3 Å². The topological polar surface area (TPSA) is 70.5 Å². The molecule has 0 radical (unpaired) electrons. The first-order valence-electron chi connectivity index (χ1n) is 10.4. The second kappa shape index (κ2) is 8.57. The molecule has 4 aromatic rings. The summed E-state index contributed by atoms with van der Waals surface area (Å²) in [5.74, 6) is 0.648. The summed E-state index contributed by atoms with van der Waals surface area (Å²) < 4.78 is 10.00. The molecule has 0 N–H and O–H groups in total. The van der Waals surface area contributed by atoms with E-state index < -0.39 is 0 Å². The number of hydrogen-bond acceptors (Lipinski definition) is 4. The van der Waals surface area contributed by atoms with E-state index in [0.29, 0.717) is 35.7 Å². The van der Waals surface area contributed by atoms with Crippen LogP contribution in [0.2, 0.25) is 0 Å². The number of fused-ring (bicyclic) bond motifs is 3. The molecule has 0 aliphatic rings. The average Bonchev–Trinajstić information content (AvgIpc) is 3.15. The van der Waals surface area contributed by atoms with Crippen molar-refractivity contribution < 1.29 is 4.74 Å². The van der Waals surface area contributed by atoms with Crippen molar-refractivity contribution >= 4 is 16.8 Å². The highest BCUT2D eigenvalue weighted by molar-refractivity contribution is 5.77. The zero-order valence-corrected chi connectivity index (χ0v) is 17.4. The third-order valence-electron chi connectivity index (χ3n) is 5.40. The minimum atomic E-state index is -0.316. The molecule has 4 rings (SSSR count). The summed E-state index contributed by atoms with van der Waals surface area (Å²) >= 11 is 0. The van der Waals surface area contributed by atoms with Crippen molar-refractivity contribution in [3.8, 4) is 5.75 Å². The van der Waals surface area contributed by atoms with Crippen LogP contribution in [0, 0.1) is 0 Å². The normalized spacial score (nSPS) is 11.4. The van der Waals surface area contributed by atoms with Crippen molar-refractivity contribution in [3.63, 3.8) is 0 Å². The second-order valence-electron chi connectivity index (χ2n) is 7.45. The van der Waals surface area contributed by atoms with Crippen LogP contribution in [0.4, 0.5) is 0 Å². The molecule has 0 unspecified atom stereocenters. The van der Waals surface area contributed by atoms with Gasteiger partial charge in [0.15, 0.2) is 11.2 Å². The van der Waals surface area contributed by atoms with Gasteiger partial charge in [0.1, 0.15) is 11.4 Å². The molecule has 0 atom stereocenters. The van der Waals surface area contributed by atoms with Gasteiger partial charge in [0.05, 0.1) is 13.7 Å². The highest BCUT2D eigenvalue weighted by Gasteiger charge is 2.19. The van der Waals surface area contributed by atoms with Gasteiger partial charge >= 0.3 is 5.69 Å². The van der Waals surface area contributed by atoms with Crippen LogP contribution < -0.4 is 16.0 Å².